The van der Waals surface area contributed by atoms with E-state index < -0.39 is 6.16 Å². The van der Waals surface area contributed by atoms with Crippen molar-refractivity contribution in [3.8, 4) is 17.2 Å². The van der Waals surface area contributed by atoms with Crippen molar-refractivity contribution in [3.63, 3.8) is 0 Å². The van der Waals surface area contributed by atoms with Crippen LogP contribution in [0.5, 0.6) is 17.2 Å². The summed E-state index contributed by atoms with van der Waals surface area (Å²) in [7, 11) is 0. The Morgan fingerprint density at radius 2 is 1.70 bits per heavy atom. The summed E-state index contributed by atoms with van der Waals surface area (Å²) in [6, 6.07) is 3.17. The Hall–Kier alpha value is -1.91. The predicted octanol–water partition coefficient (Wildman–Crippen LogP) is 5.14. The molecule has 0 saturated carbocycles. The Balaban J connectivity index is 2.49. The Morgan fingerprint density at radius 1 is 1.04 bits per heavy atom. The Bertz CT molecular complexity index is 485. The first-order valence-electron chi connectivity index (χ1n) is 8.48. The maximum Gasteiger partial charge on any atom is 0.511 e. The van der Waals surface area contributed by atoms with Crippen molar-refractivity contribution in [2.45, 2.75) is 65.2 Å². The van der Waals surface area contributed by atoms with Gasteiger partial charge in [-0.3, -0.25) is 0 Å². The van der Waals surface area contributed by atoms with Crippen LogP contribution in [-0.4, -0.2) is 23.0 Å². The molecule has 2 N–H and O–H groups in total. The number of hydrogen-bond donors (Lipinski definition) is 2. The number of benzene rings is 1. The van der Waals surface area contributed by atoms with Gasteiger partial charge in [-0.05, 0) is 24.5 Å². The van der Waals surface area contributed by atoms with E-state index in [0.717, 1.165) is 18.4 Å². The number of carbonyl (C=O) groups is 1. The Morgan fingerprint density at radius 3 is 2.30 bits per heavy atom. The van der Waals surface area contributed by atoms with Gasteiger partial charge in [0.15, 0.2) is 11.5 Å². The number of carboxylic acid groups (broad SMARTS) is 1. The van der Waals surface area contributed by atoms with Gasteiger partial charge in [-0.15, -0.1) is 0 Å². The van der Waals surface area contributed by atoms with Crippen molar-refractivity contribution in [1.82, 2.24) is 0 Å². The summed E-state index contributed by atoms with van der Waals surface area (Å²) in [5.74, 6) is -0.00352. The fourth-order valence-electron chi connectivity index (χ4n) is 2.44. The minimum atomic E-state index is -1.46. The lowest BCUT2D eigenvalue weighted by molar-refractivity contribution is 0.142. The van der Waals surface area contributed by atoms with Crippen LogP contribution < -0.4 is 9.47 Å². The number of phenols is 1. The second kappa shape index (κ2) is 10.8. The SMILES string of the molecule is CCCCCCCCCOc1c(CC)ccc(OC(=O)O)c1O. The van der Waals surface area contributed by atoms with Crippen LogP contribution in [0.4, 0.5) is 4.79 Å². The number of phenolic OH excluding ortho intramolecular Hbond substituents is 1. The minimum Gasteiger partial charge on any atom is -0.502 e. The van der Waals surface area contributed by atoms with Gasteiger partial charge in [-0.1, -0.05) is 58.4 Å². The van der Waals surface area contributed by atoms with Crippen molar-refractivity contribution < 1.29 is 24.5 Å². The second-order valence-electron chi connectivity index (χ2n) is 5.59. The number of ether oxygens (including phenoxy) is 2. The van der Waals surface area contributed by atoms with Crippen molar-refractivity contribution in [3.05, 3.63) is 17.7 Å². The molecule has 0 aromatic heterocycles. The van der Waals surface area contributed by atoms with Crippen molar-refractivity contribution in [1.29, 1.82) is 0 Å². The number of rotatable bonds is 11. The highest BCUT2D eigenvalue weighted by atomic mass is 16.7. The first-order chi connectivity index (χ1) is 11.1. The molecule has 1 aromatic carbocycles. The lowest BCUT2D eigenvalue weighted by Gasteiger charge is -2.14. The molecule has 0 saturated heterocycles. The van der Waals surface area contributed by atoms with Gasteiger partial charge in [0.1, 0.15) is 0 Å². The molecule has 0 atom stereocenters. The van der Waals surface area contributed by atoms with Gasteiger partial charge >= 0.3 is 6.16 Å². The van der Waals surface area contributed by atoms with Gasteiger partial charge in [0, 0.05) is 0 Å². The highest BCUT2D eigenvalue weighted by Gasteiger charge is 2.16. The summed E-state index contributed by atoms with van der Waals surface area (Å²) < 4.78 is 10.2. The molecule has 0 fully saturated rings. The average Bonchev–Trinajstić information content (AvgIpc) is 2.52. The van der Waals surface area contributed by atoms with Crippen LogP contribution in [0.15, 0.2) is 12.1 Å². The smallest absolute Gasteiger partial charge is 0.502 e. The molecule has 0 unspecified atom stereocenters. The van der Waals surface area contributed by atoms with Crippen LogP contribution in [0.25, 0.3) is 0 Å². The summed E-state index contributed by atoms with van der Waals surface area (Å²) in [4.78, 5) is 10.6. The summed E-state index contributed by atoms with van der Waals surface area (Å²) in [5, 5.41) is 18.8. The summed E-state index contributed by atoms with van der Waals surface area (Å²) in [6.07, 6.45) is 7.51. The van der Waals surface area contributed by atoms with E-state index in [4.69, 9.17) is 9.84 Å². The first-order valence-corrected chi connectivity index (χ1v) is 8.48. The molecule has 5 heteroatoms. The summed E-state index contributed by atoms with van der Waals surface area (Å²) in [5.41, 5.74) is 0.836. The molecule has 0 aliphatic heterocycles. The Labute approximate surface area is 138 Å². The molecule has 0 spiro atoms. The summed E-state index contributed by atoms with van der Waals surface area (Å²) in [6.45, 7) is 4.66. The van der Waals surface area contributed by atoms with Gasteiger partial charge in [0.2, 0.25) is 5.75 Å². The predicted molar refractivity (Wildman–Crippen MR) is 89.6 cm³/mol. The lowest BCUT2D eigenvalue weighted by atomic mass is 10.1. The average molecular weight is 324 g/mol. The molecule has 0 heterocycles. The normalized spacial score (nSPS) is 10.5. The number of aromatic hydroxyl groups is 1. The van der Waals surface area contributed by atoms with Crippen LogP contribution in [0.2, 0.25) is 0 Å². The zero-order valence-corrected chi connectivity index (χ0v) is 14.1. The molecule has 23 heavy (non-hydrogen) atoms. The number of aryl methyl sites for hydroxylation is 1. The van der Waals surface area contributed by atoms with Crippen LogP contribution >= 0.6 is 0 Å². The monoisotopic (exact) mass is 324 g/mol. The zero-order valence-electron chi connectivity index (χ0n) is 14.1. The van der Waals surface area contributed by atoms with Crippen LogP contribution in [0, 0.1) is 0 Å². The molecule has 5 nitrogen and oxygen atoms in total. The molecule has 130 valence electrons. The zero-order chi connectivity index (χ0) is 17.1. The van der Waals surface area contributed by atoms with E-state index in [-0.39, 0.29) is 11.5 Å². The highest BCUT2D eigenvalue weighted by Crippen LogP contribution is 2.39. The van der Waals surface area contributed by atoms with Crippen LogP contribution in [0.3, 0.4) is 0 Å². The van der Waals surface area contributed by atoms with Crippen LogP contribution in [0.1, 0.15) is 64.4 Å². The van der Waals surface area contributed by atoms with Gasteiger partial charge in [0.25, 0.3) is 0 Å². The standard InChI is InChI=1S/C18H28O5/c1-3-5-6-7-8-9-10-13-22-17-14(4-2)11-12-15(16(17)19)23-18(20)21/h11-12,19H,3-10,13H2,1-2H3,(H,20,21). The van der Waals surface area contributed by atoms with E-state index in [1.807, 2.05) is 6.92 Å². The molecule has 1 aromatic rings. The third-order valence-electron chi connectivity index (χ3n) is 3.75. The van der Waals surface area contributed by atoms with Crippen LogP contribution in [-0.2, 0) is 6.42 Å². The summed E-state index contributed by atoms with van der Waals surface area (Å²) >= 11 is 0. The first kappa shape index (κ1) is 19.1. The highest BCUT2D eigenvalue weighted by molar-refractivity contribution is 5.65. The van der Waals surface area contributed by atoms with Gasteiger partial charge in [-0.2, -0.15) is 0 Å². The quantitative estimate of drug-likeness (QED) is 0.335. The van der Waals surface area contributed by atoms with E-state index in [2.05, 4.69) is 11.7 Å². The molecule has 0 bridgehead atoms. The molecule has 0 amide bonds. The minimum absolute atomic E-state index is 0.0933. The van der Waals surface area contributed by atoms with Gasteiger partial charge < -0.3 is 19.7 Å². The fraction of sp³-hybridized carbons (Fsp3) is 0.611. The molecule has 0 aliphatic carbocycles. The maximum absolute atomic E-state index is 10.6. The van der Waals surface area contributed by atoms with E-state index in [0.29, 0.717) is 18.8 Å². The largest absolute Gasteiger partial charge is 0.511 e. The molecular formula is C18H28O5. The van der Waals surface area contributed by atoms with Crippen molar-refractivity contribution >= 4 is 6.16 Å². The molecule has 0 radical (unpaired) electrons. The topological polar surface area (TPSA) is 76.0 Å². The third kappa shape index (κ3) is 6.80. The Kier molecular flexibility index (Phi) is 8.95. The second-order valence-corrected chi connectivity index (χ2v) is 5.59. The third-order valence-corrected chi connectivity index (χ3v) is 3.75. The van der Waals surface area contributed by atoms with Gasteiger partial charge in [0.05, 0.1) is 6.61 Å². The van der Waals surface area contributed by atoms with Crippen molar-refractivity contribution in [2.24, 2.45) is 0 Å². The van der Waals surface area contributed by atoms with Crippen molar-refractivity contribution in [2.75, 3.05) is 6.61 Å². The number of hydrogen-bond acceptors (Lipinski definition) is 4. The lowest BCUT2D eigenvalue weighted by Crippen LogP contribution is -2.05. The van der Waals surface area contributed by atoms with E-state index in [1.165, 1.54) is 38.2 Å². The number of unbranched alkanes of at least 4 members (excludes halogenated alkanes) is 6. The van der Waals surface area contributed by atoms with E-state index in [1.54, 1.807) is 6.07 Å². The van der Waals surface area contributed by atoms with E-state index >= 15 is 0 Å². The maximum atomic E-state index is 10.6. The van der Waals surface area contributed by atoms with E-state index in [9.17, 15) is 9.90 Å². The van der Waals surface area contributed by atoms with Gasteiger partial charge in [-0.25, -0.2) is 4.79 Å². The molecular weight excluding hydrogens is 296 g/mol. The fourth-order valence-corrected chi connectivity index (χ4v) is 2.44. The molecule has 0 aliphatic rings. The molecule has 1 rings (SSSR count).